The maximum absolute atomic E-state index is 12.4. The van der Waals surface area contributed by atoms with Gasteiger partial charge in [0.1, 0.15) is 0 Å². The lowest BCUT2D eigenvalue weighted by Gasteiger charge is -2.17. The second-order valence-corrected chi connectivity index (χ2v) is 6.44. The third-order valence-corrected chi connectivity index (χ3v) is 5.10. The Kier molecular flexibility index (Phi) is 4.21. The summed E-state index contributed by atoms with van der Waals surface area (Å²) >= 11 is 0. The minimum absolute atomic E-state index is 0.304. The molecule has 1 heterocycles. The van der Waals surface area contributed by atoms with E-state index in [4.69, 9.17) is 0 Å². The van der Waals surface area contributed by atoms with Crippen LogP contribution in [0.4, 0.5) is 0 Å². The first-order chi connectivity index (χ1) is 9.78. The molecule has 1 aliphatic carbocycles. The van der Waals surface area contributed by atoms with Gasteiger partial charge in [0, 0.05) is 18.0 Å². The largest absolute Gasteiger partial charge is 0.313 e. The summed E-state index contributed by atoms with van der Waals surface area (Å²) in [5.41, 5.74) is 2.21. The Morgan fingerprint density at radius 2 is 2.05 bits per heavy atom. The molecule has 0 bridgehead atoms. The summed E-state index contributed by atoms with van der Waals surface area (Å²) in [7, 11) is 0. The van der Waals surface area contributed by atoms with Crippen molar-refractivity contribution in [2.75, 3.05) is 6.54 Å². The molecule has 20 heavy (non-hydrogen) atoms. The molecule has 2 fully saturated rings. The van der Waals surface area contributed by atoms with Crippen LogP contribution in [0.2, 0.25) is 0 Å². The van der Waals surface area contributed by atoms with Crippen molar-refractivity contribution in [2.24, 2.45) is 11.8 Å². The summed E-state index contributed by atoms with van der Waals surface area (Å²) in [5, 5.41) is 3.57. The van der Waals surface area contributed by atoms with E-state index < -0.39 is 0 Å². The molecule has 1 saturated heterocycles. The van der Waals surface area contributed by atoms with E-state index in [1.807, 2.05) is 12.1 Å². The van der Waals surface area contributed by atoms with Crippen molar-refractivity contribution in [3.8, 4) is 0 Å². The maximum atomic E-state index is 12.4. The van der Waals surface area contributed by atoms with Crippen molar-refractivity contribution in [3.05, 3.63) is 35.4 Å². The number of carbonyl (C=O) groups excluding carboxylic acids is 1. The molecule has 1 aliphatic heterocycles. The quantitative estimate of drug-likeness (QED) is 0.829. The Bertz CT molecular complexity index is 465. The Morgan fingerprint density at radius 1 is 1.25 bits per heavy atom. The van der Waals surface area contributed by atoms with E-state index in [0.717, 1.165) is 36.8 Å². The van der Waals surface area contributed by atoms with Crippen molar-refractivity contribution in [2.45, 2.75) is 51.5 Å². The van der Waals surface area contributed by atoms with E-state index in [2.05, 4.69) is 24.4 Å². The van der Waals surface area contributed by atoms with Crippen LogP contribution in [0.1, 0.15) is 54.9 Å². The summed E-state index contributed by atoms with van der Waals surface area (Å²) < 4.78 is 0. The number of fused-ring (bicyclic) bond motifs is 1. The van der Waals surface area contributed by atoms with Crippen LogP contribution >= 0.6 is 0 Å². The molecule has 1 aromatic rings. The van der Waals surface area contributed by atoms with Crippen LogP contribution in [0.25, 0.3) is 0 Å². The van der Waals surface area contributed by atoms with Gasteiger partial charge in [-0.2, -0.15) is 0 Å². The van der Waals surface area contributed by atoms with Crippen molar-refractivity contribution in [1.82, 2.24) is 5.32 Å². The van der Waals surface area contributed by atoms with Crippen molar-refractivity contribution in [3.63, 3.8) is 0 Å². The smallest absolute Gasteiger partial charge is 0.164 e. The third-order valence-electron chi connectivity index (χ3n) is 5.10. The molecule has 0 spiro atoms. The van der Waals surface area contributed by atoms with E-state index in [0.29, 0.717) is 18.2 Å². The number of nitrogens with one attached hydrogen (secondary N) is 1. The van der Waals surface area contributed by atoms with Crippen molar-refractivity contribution in [1.29, 1.82) is 0 Å². The lowest BCUT2D eigenvalue weighted by atomic mass is 9.90. The number of hydrogen-bond acceptors (Lipinski definition) is 2. The SMILES string of the molecule is CCCc1ccc(C(=O)CC2NCC3CCCC32)cc1. The average molecular weight is 271 g/mol. The Balaban J connectivity index is 1.61. The summed E-state index contributed by atoms with van der Waals surface area (Å²) in [4.78, 5) is 12.4. The minimum atomic E-state index is 0.304. The summed E-state index contributed by atoms with van der Waals surface area (Å²) in [6.45, 7) is 3.31. The third kappa shape index (κ3) is 2.80. The number of carbonyl (C=O) groups is 1. The Labute approximate surface area is 122 Å². The molecule has 0 radical (unpaired) electrons. The van der Waals surface area contributed by atoms with Gasteiger partial charge in [-0.15, -0.1) is 0 Å². The summed E-state index contributed by atoms with van der Waals surface area (Å²) in [5.74, 6) is 1.89. The first-order valence-corrected chi connectivity index (χ1v) is 8.13. The topological polar surface area (TPSA) is 29.1 Å². The van der Waals surface area contributed by atoms with Gasteiger partial charge in [0.25, 0.3) is 0 Å². The number of aryl methyl sites for hydroxylation is 1. The molecule has 3 rings (SSSR count). The first kappa shape index (κ1) is 13.8. The van der Waals surface area contributed by atoms with E-state index >= 15 is 0 Å². The highest BCUT2D eigenvalue weighted by molar-refractivity contribution is 5.96. The van der Waals surface area contributed by atoms with Crippen LogP contribution in [0.3, 0.4) is 0 Å². The standard InChI is InChI=1S/C18H25NO/c1-2-4-13-7-9-14(10-8-13)18(20)11-17-16-6-3-5-15(16)12-19-17/h7-10,15-17,19H,2-6,11-12H2,1H3. The van der Waals surface area contributed by atoms with E-state index in [1.165, 1.54) is 24.8 Å². The Hall–Kier alpha value is -1.15. The van der Waals surface area contributed by atoms with Gasteiger partial charge in [0.15, 0.2) is 5.78 Å². The van der Waals surface area contributed by atoms with Gasteiger partial charge in [0.2, 0.25) is 0 Å². The van der Waals surface area contributed by atoms with Crippen LogP contribution in [0.5, 0.6) is 0 Å². The molecule has 3 atom stereocenters. The first-order valence-electron chi connectivity index (χ1n) is 8.13. The molecule has 0 aromatic heterocycles. The predicted molar refractivity (Wildman–Crippen MR) is 82.0 cm³/mol. The number of benzene rings is 1. The molecule has 3 unspecified atom stereocenters. The predicted octanol–water partition coefficient (Wildman–Crippen LogP) is 3.60. The van der Waals surface area contributed by atoms with Gasteiger partial charge in [-0.05, 0) is 43.2 Å². The van der Waals surface area contributed by atoms with Crippen LogP contribution in [0.15, 0.2) is 24.3 Å². The zero-order valence-electron chi connectivity index (χ0n) is 12.4. The van der Waals surface area contributed by atoms with Crippen LogP contribution in [-0.4, -0.2) is 18.4 Å². The number of rotatable bonds is 5. The van der Waals surface area contributed by atoms with E-state index in [1.54, 1.807) is 0 Å². The maximum Gasteiger partial charge on any atom is 0.164 e. The van der Waals surface area contributed by atoms with Gasteiger partial charge < -0.3 is 5.32 Å². The molecule has 1 saturated carbocycles. The highest BCUT2D eigenvalue weighted by Gasteiger charge is 2.39. The highest BCUT2D eigenvalue weighted by atomic mass is 16.1. The second-order valence-electron chi connectivity index (χ2n) is 6.44. The molecule has 108 valence electrons. The lowest BCUT2D eigenvalue weighted by Crippen LogP contribution is -2.29. The van der Waals surface area contributed by atoms with Gasteiger partial charge in [-0.25, -0.2) is 0 Å². The lowest BCUT2D eigenvalue weighted by molar-refractivity contribution is 0.0963. The minimum Gasteiger partial charge on any atom is -0.313 e. The van der Waals surface area contributed by atoms with Gasteiger partial charge in [0.05, 0.1) is 0 Å². The van der Waals surface area contributed by atoms with Crippen LogP contribution in [-0.2, 0) is 6.42 Å². The molecule has 2 aliphatic rings. The summed E-state index contributed by atoms with van der Waals surface area (Å²) in [6.07, 6.45) is 6.95. The second kappa shape index (κ2) is 6.09. The number of ketones is 1. The molecule has 1 aromatic carbocycles. The fraction of sp³-hybridized carbons (Fsp3) is 0.611. The molecular formula is C18H25NO. The van der Waals surface area contributed by atoms with Crippen LogP contribution in [0, 0.1) is 11.8 Å². The number of Topliss-reactive ketones (excluding diaryl/α,β-unsaturated/α-hetero) is 1. The Morgan fingerprint density at radius 3 is 2.80 bits per heavy atom. The average Bonchev–Trinajstić information content (AvgIpc) is 3.05. The molecule has 2 nitrogen and oxygen atoms in total. The zero-order chi connectivity index (χ0) is 13.9. The highest BCUT2D eigenvalue weighted by Crippen LogP contribution is 2.38. The normalized spacial score (nSPS) is 28.6. The van der Waals surface area contributed by atoms with Gasteiger partial charge >= 0.3 is 0 Å². The number of hydrogen-bond donors (Lipinski definition) is 1. The van der Waals surface area contributed by atoms with Gasteiger partial charge in [-0.1, -0.05) is 44.0 Å². The molecule has 0 amide bonds. The molecular weight excluding hydrogens is 246 g/mol. The van der Waals surface area contributed by atoms with E-state index in [-0.39, 0.29) is 0 Å². The van der Waals surface area contributed by atoms with Crippen LogP contribution < -0.4 is 5.32 Å². The zero-order valence-corrected chi connectivity index (χ0v) is 12.4. The summed E-state index contributed by atoms with van der Waals surface area (Å²) in [6, 6.07) is 8.65. The fourth-order valence-electron chi connectivity index (χ4n) is 3.99. The molecule has 1 N–H and O–H groups in total. The van der Waals surface area contributed by atoms with Crippen molar-refractivity contribution < 1.29 is 4.79 Å². The van der Waals surface area contributed by atoms with Gasteiger partial charge in [-0.3, -0.25) is 4.79 Å². The van der Waals surface area contributed by atoms with E-state index in [9.17, 15) is 4.79 Å². The fourth-order valence-corrected chi connectivity index (χ4v) is 3.99. The monoisotopic (exact) mass is 271 g/mol. The van der Waals surface area contributed by atoms with Crippen molar-refractivity contribution >= 4 is 5.78 Å². The molecule has 2 heteroatoms.